The number of nitrogens with zero attached hydrogens (tertiary/aromatic N) is 1. The summed E-state index contributed by atoms with van der Waals surface area (Å²) in [5.74, 6) is -0.0294. The minimum atomic E-state index is -1.05. The van der Waals surface area contributed by atoms with Crippen LogP contribution in [0, 0.1) is 0 Å². The number of imide groups is 1. The number of aliphatic hydroxyl groups is 1. The van der Waals surface area contributed by atoms with Gasteiger partial charge < -0.3 is 9.84 Å². The molecule has 1 aliphatic heterocycles. The van der Waals surface area contributed by atoms with Crippen molar-refractivity contribution in [2.45, 2.75) is 25.5 Å². The summed E-state index contributed by atoms with van der Waals surface area (Å²) in [4.78, 5) is 24.4. The molecule has 5 nitrogen and oxygen atoms in total. The van der Waals surface area contributed by atoms with Crippen LogP contribution in [0.25, 0.3) is 0 Å². The molecule has 1 fully saturated rings. The van der Waals surface area contributed by atoms with Gasteiger partial charge in [0.1, 0.15) is 11.9 Å². The van der Waals surface area contributed by atoms with E-state index < -0.39 is 12.0 Å². The third-order valence-corrected chi connectivity index (χ3v) is 2.98. The number of ether oxygens (including phenoxy) is 1. The summed E-state index contributed by atoms with van der Waals surface area (Å²) in [6.07, 6.45) is -0.624. The average Bonchev–Trinajstić information content (AvgIpc) is 2.40. The van der Waals surface area contributed by atoms with Crippen molar-refractivity contribution in [1.82, 2.24) is 4.90 Å². The number of hydrogen-bond acceptors (Lipinski definition) is 4. The molecule has 18 heavy (non-hydrogen) atoms. The Kier molecular flexibility index (Phi) is 3.62. The van der Waals surface area contributed by atoms with Crippen LogP contribution < -0.4 is 4.74 Å². The van der Waals surface area contributed by atoms with E-state index in [1.807, 2.05) is 0 Å². The van der Waals surface area contributed by atoms with Gasteiger partial charge in [0.05, 0.1) is 13.7 Å². The zero-order valence-electron chi connectivity index (χ0n) is 10.1. The maximum Gasteiger partial charge on any atom is 0.258 e. The van der Waals surface area contributed by atoms with Crippen LogP contribution in [0.3, 0.4) is 0 Å². The topological polar surface area (TPSA) is 66.8 Å². The lowest BCUT2D eigenvalue weighted by molar-refractivity contribution is -0.156. The molecule has 0 bridgehead atoms. The maximum absolute atomic E-state index is 11.7. The normalized spacial score (nSPS) is 20.1. The van der Waals surface area contributed by atoms with Crippen LogP contribution >= 0.6 is 0 Å². The van der Waals surface area contributed by atoms with Gasteiger partial charge in [0.15, 0.2) is 0 Å². The van der Waals surface area contributed by atoms with Crippen molar-refractivity contribution in [3.8, 4) is 5.75 Å². The van der Waals surface area contributed by atoms with E-state index in [1.54, 1.807) is 31.4 Å². The Labute approximate surface area is 105 Å². The minimum absolute atomic E-state index is 0.193. The summed E-state index contributed by atoms with van der Waals surface area (Å²) < 4.78 is 5.03. The molecular formula is C13H15NO4. The van der Waals surface area contributed by atoms with Crippen LogP contribution in [0.15, 0.2) is 24.3 Å². The fraction of sp³-hybridized carbons (Fsp3) is 0.385. The van der Waals surface area contributed by atoms with Crippen LogP contribution in [0.1, 0.15) is 18.4 Å². The highest BCUT2D eigenvalue weighted by Gasteiger charge is 2.32. The molecule has 0 spiro atoms. The number of likely N-dealkylation sites (tertiary alicyclic amines) is 1. The predicted octanol–water partition coefficient (Wildman–Crippen LogP) is 0.705. The predicted molar refractivity (Wildman–Crippen MR) is 63.8 cm³/mol. The van der Waals surface area contributed by atoms with E-state index >= 15 is 0 Å². The third kappa shape index (κ3) is 2.51. The largest absolute Gasteiger partial charge is 0.497 e. The van der Waals surface area contributed by atoms with Crippen LogP contribution in [-0.2, 0) is 16.1 Å². The van der Waals surface area contributed by atoms with E-state index in [1.165, 1.54) is 0 Å². The molecule has 0 saturated carbocycles. The van der Waals surface area contributed by atoms with Crippen molar-refractivity contribution in [3.63, 3.8) is 0 Å². The Morgan fingerprint density at radius 3 is 2.61 bits per heavy atom. The number of hydrogen-bond donors (Lipinski definition) is 1. The molecule has 0 aromatic heterocycles. The fourth-order valence-electron chi connectivity index (χ4n) is 1.90. The molecule has 2 amide bonds. The third-order valence-electron chi connectivity index (χ3n) is 2.98. The van der Waals surface area contributed by atoms with Crippen molar-refractivity contribution in [3.05, 3.63) is 29.8 Å². The van der Waals surface area contributed by atoms with E-state index in [0.717, 1.165) is 16.2 Å². The van der Waals surface area contributed by atoms with Crippen LogP contribution in [-0.4, -0.2) is 35.0 Å². The van der Waals surface area contributed by atoms with Gasteiger partial charge in [-0.1, -0.05) is 12.1 Å². The second kappa shape index (κ2) is 5.18. The van der Waals surface area contributed by atoms with Crippen LogP contribution in [0.4, 0.5) is 0 Å². The standard InChI is InChI=1S/C13H15NO4/c1-18-10-4-2-9(3-5-10)8-14-12(16)7-6-11(15)13(14)17/h2-5,11,15H,6-8H2,1H3/t11-/m1/s1. The van der Waals surface area contributed by atoms with E-state index in [9.17, 15) is 14.7 Å². The molecule has 1 saturated heterocycles. The van der Waals surface area contributed by atoms with E-state index in [-0.39, 0.29) is 25.3 Å². The van der Waals surface area contributed by atoms with Gasteiger partial charge in [0.2, 0.25) is 5.91 Å². The highest BCUT2D eigenvalue weighted by molar-refractivity contribution is 5.99. The molecule has 1 aromatic carbocycles. The van der Waals surface area contributed by atoms with Crippen LogP contribution in [0.2, 0.25) is 0 Å². The summed E-state index contributed by atoms with van der Waals surface area (Å²) in [5, 5.41) is 9.46. The quantitative estimate of drug-likeness (QED) is 0.801. The number of aliphatic hydroxyl groups excluding tert-OH is 1. The second-order valence-electron chi connectivity index (χ2n) is 4.22. The van der Waals surface area contributed by atoms with Gasteiger partial charge in [-0.05, 0) is 24.1 Å². The molecule has 0 unspecified atom stereocenters. The lowest BCUT2D eigenvalue weighted by Crippen LogP contribution is -2.47. The lowest BCUT2D eigenvalue weighted by atomic mass is 10.1. The molecule has 0 radical (unpaired) electrons. The maximum atomic E-state index is 11.7. The van der Waals surface area contributed by atoms with Gasteiger partial charge in [-0.2, -0.15) is 0 Å². The van der Waals surface area contributed by atoms with E-state index in [4.69, 9.17) is 4.74 Å². The molecule has 1 N–H and O–H groups in total. The molecule has 1 heterocycles. The van der Waals surface area contributed by atoms with Gasteiger partial charge in [-0.15, -0.1) is 0 Å². The van der Waals surface area contributed by atoms with Crippen molar-refractivity contribution in [2.75, 3.05) is 7.11 Å². The Morgan fingerprint density at radius 2 is 2.00 bits per heavy atom. The van der Waals surface area contributed by atoms with Gasteiger partial charge >= 0.3 is 0 Å². The summed E-state index contributed by atoms with van der Waals surface area (Å²) in [6.45, 7) is 0.193. The van der Waals surface area contributed by atoms with Crippen molar-refractivity contribution < 1.29 is 19.4 Å². The summed E-state index contributed by atoms with van der Waals surface area (Å²) in [6, 6.07) is 7.12. The monoisotopic (exact) mass is 249 g/mol. The lowest BCUT2D eigenvalue weighted by Gasteiger charge is -2.28. The Hall–Kier alpha value is -1.88. The molecular weight excluding hydrogens is 234 g/mol. The van der Waals surface area contributed by atoms with Gasteiger partial charge in [-0.25, -0.2) is 0 Å². The molecule has 96 valence electrons. The first-order valence-corrected chi connectivity index (χ1v) is 5.77. The first kappa shape index (κ1) is 12.6. The highest BCUT2D eigenvalue weighted by atomic mass is 16.5. The van der Waals surface area contributed by atoms with Crippen molar-refractivity contribution in [2.24, 2.45) is 0 Å². The highest BCUT2D eigenvalue weighted by Crippen LogP contribution is 2.18. The molecule has 1 aromatic rings. The van der Waals surface area contributed by atoms with Gasteiger partial charge in [-0.3, -0.25) is 14.5 Å². The summed E-state index contributed by atoms with van der Waals surface area (Å²) in [5.41, 5.74) is 0.826. The first-order valence-electron chi connectivity index (χ1n) is 5.77. The zero-order valence-corrected chi connectivity index (χ0v) is 10.1. The second-order valence-corrected chi connectivity index (χ2v) is 4.22. The molecule has 1 atom stereocenters. The number of piperidine rings is 1. The smallest absolute Gasteiger partial charge is 0.258 e. The molecule has 2 rings (SSSR count). The van der Waals surface area contributed by atoms with Crippen LogP contribution in [0.5, 0.6) is 5.75 Å². The number of methoxy groups -OCH3 is 1. The number of amides is 2. The number of rotatable bonds is 3. The molecule has 0 aliphatic carbocycles. The van der Waals surface area contributed by atoms with Crippen molar-refractivity contribution in [1.29, 1.82) is 0 Å². The molecule has 1 aliphatic rings. The Morgan fingerprint density at radius 1 is 1.33 bits per heavy atom. The number of carbonyl (C=O) groups is 2. The Bertz CT molecular complexity index is 455. The number of benzene rings is 1. The van der Waals surface area contributed by atoms with Gasteiger partial charge in [0, 0.05) is 6.42 Å². The molecule has 5 heteroatoms. The SMILES string of the molecule is COc1ccc(CN2C(=O)CC[C@@H](O)C2=O)cc1. The van der Waals surface area contributed by atoms with E-state index in [0.29, 0.717) is 0 Å². The minimum Gasteiger partial charge on any atom is -0.497 e. The van der Waals surface area contributed by atoms with Gasteiger partial charge in [0.25, 0.3) is 5.91 Å². The van der Waals surface area contributed by atoms with Crippen molar-refractivity contribution >= 4 is 11.8 Å². The zero-order chi connectivity index (χ0) is 13.1. The number of carbonyl (C=O) groups excluding carboxylic acids is 2. The summed E-state index contributed by atoms with van der Waals surface area (Å²) >= 11 is 0. The average molecular weight is 249 g/mol. The first-order chi connectivity index (χ1) is 8.61. The summed E-state index contributed by atoms with van der Waals surface area (Å²) in [7, 11) is 1.57. The fourth-order valence-corrected chi connectivity index (χ4v) is 1.90. The van der Waals surface area contributed by atoms with E-state index in [2.05, 4.69) is 0 Å². The Balaban J connectivity index is 2.11.